The number of nitrogens with zero attached hydrogens (tertiary/aromatic N) is 1. The number of thiazole rings is 1. The zero-order valence-corrected chi connectivity index (χ0v) is 16.4. The first-order valence-electron chi connectivity index (χ1n) is 8.51. The molecule has 1 heterocycles. The molecule has 0 radical (unpaired) electrons. The molecule has 0 bridgehead atoms. The first-order chi connectivity index (χ1) is 13.9. The molecule has 0 saturated carbocycles. The van der Waals surface area contributed by atoms with Gasteiger partial charge in [-0.2, -0.15) is 13.2 Å². The number of anilines is 1. The van der Waals surface area contributed by atoms with Crippen LogP contribution in [0.25, 0.3) is 10.2 Å². The summed E-state index contributed by atoms with van der Waals surface area (Å²) in [6, 6.07) is 19.5. The molecule has 0 spiro atoms. The van der Waals surface area contributed by atoms with Crippen LogP contribution >= 0.6 is 23.1 Å². The predicted octanol–water partition coefficient (Wildman–Crippen LogP) is 6.72. The molecule has 4 aromatic rings. The van der Waals surface area contributed by atoms with E-state index >= 15 is 0 Å². The van der Waals surface area contributed by atoms with Crippen LogP contribution in [0.2, 0.25) is 0 Å². The summed E-state index contributed by atoms with van der Waals surface area (Å²) in [6.07, 6.45) is -4.56. The highest BCUT2D eigenvalue weighted by molar-refractivity contribution is 8.01. The summed E-state index contributed by atoms with van der Waals surface area (Å²) in [5.74, 6) is -0.467. The van der Waals surface area contributed by atoms with Crippen molar-refractivity contribution in [3.63, 3.8) is 0 Å². The minimum absolute atomic E-state index is 0.0364. The number of aromatic nitrogens is 1. The molecule has 4 rings (SSSR count). The normalized spacial score (nSPS) is 11.6. The fourth-order valence-corrected chi connectivity index (χ4v) is 4.85. The summed E-state index contributed by atoms with van der Waals surface area (Å²) in [5, 5.41) is 2.52. The highest BCUT2D eigenvalue weighted by atomic mass is 32.2. The van der Waals surface area contributed by atoms with E-state index in [0.717, 1.165) is 28.0 Å². The average molecular weight is 430 g/mol. The second kappa shape index (κ2) is 7.88. The number of alkyl halides is 3. The molecule has 0 fully saturated rings. The zero-order valence-electron chi connectivity index (χ0n) is 14.7. The monoisotopic (exact) mass is 430 g/mol. The van der Waals surface area contributed by atoms with Gasteiger partial charge in [-0.3, -0.25) is 4.79 Å². The van der Waals surface area contributed by atoms with Crippen LogP contribution in [0.4, 0.5) is 18.9 Å². The van der Waals surface area contributed by atoms with Gasteiger partial charge in [-0.25, -0.2) is 4.98 Å². The van der Waals surface area contributed by atoms with Crippen LogP contribution in [0.15, 0.2) is 82.0 Å². The summed E-state index contributed by atoms with van der Waals surface area (Å²) in [6.45, 7) is 0. The van der Waals surface area contributed by atoms with Crippen molar-refractivity contribution in [3.05, 3.63) is 83.9 Å². The highest BCUT2D eigenvalue weighted by Gasteiger charge is 2.34. The van der Waals surface area contributed by atoms with Crippen molar-refractivity contribution in [1.82, 2.24) is 4.98 Å². The van der Waals surface area contributed by atoms with Gasteiger partial charge in [0, 0.05) is 16.1 Å². The standard InChI is InChI=1S/C21H13F3N2OS2/c22-21(23,24)15-12-14(25-19(27)13-6-2-1-3-7-13)10-11-17(15)28-20-26-16-8-4-5-9-18(16)29-20/h1-12H,(H,25,27). The van der Waals surface area contributed by atoms with E-state index in [1.807, 2.05) is 24.3 Å². The largest absolute Gasteiger partial charge is 0.417 e. The second-order valence-corrected chi connectivity index (χ2v) is 8.40. The zero-order chi connectivity index (χ0) is 20.4. The van der Waals surface area contributed by atoms with Crippen LogP contribution < -0.4 is 5.32 Å². The SMILES string of the molecule is O=C(Nc1ccc(Sc2nc3ccccc3s2)c(C(F)(F)F)c1)c1ccccc1. The molecule has 29 heavy (non-hydrogen) atoms. The molecule has 8 heteroatoms. The van der Waals surface area contributed by atoms with E-state index in [-0.39, 0.29) is 10.6 Å². The van der Waals surface area contributed by atoms with Crippen molar-refractivity contribution in [1.29, 1.82) is 0 Å². The summed E-state index contributed by atoms with van der Waals surface area (Å²) >= 11 is 2.30. The number of nitrogens with one attached hydrogen (secondary N) is 1. The van der Waals surface area contributed by atoms with E-state index in [2.05, 4.69) is 10.3 Å². The Labute approximate surface area is 172 Å². The third-order valence-electron chi connectivity index (χ3n) is 4.05. The molecular formula is C21H13F3N2OS2. The number of benzene rings is 3. The maximum atomic E-state index is 13.7. The molecule has 0 aliphatic rings. The van der Waals surface area contributed by atoms with Gasteiger partial charge in [0.1, 0.15) is 0 Å². The molecule has 0 atom stereocenters. The summed E-state index contributed by atoms with van der Waals surface area (Å²) in [5.41, 5.74) is 0.390. The van der Waals surface area contributed by atoms with Gasteiger partial charge in [-0.1, -0.05) is 42.1 Å². The van der Waals surface area contributed by atoms with Crippen molar-refractivity contribution in [2.45, 2.75) is 15.4 Å². The Hall–Kier alpha value is -2.84. The van der Waals surface area contributed by atoms with Crippen molar-refractivity contribution >= 4 is 44.9 Å². The third-order valence-corrected chi connectivity index (χ3v) is 6.22. The van der Waals surface area contributed by atoms with Crippen molar-refractivity contribution in [2.75, 3.05) is 5.32 Å². The topological polar surface area (TPSA) is 42.0 Å². The van der Waals surface area contributed by atoms with E-state index < -0.39 is 17.6 Å². The van der Waals surface area contributed by atoms with E-state index in [1.165, 1.54) is 23.5 Å². The summed E-state index contributed by atoms with van der Waals surface area (Å²) < 4.78 is 42.4. The average Bonchev–Trinajstić information content (AvgIpc) is 3.11. The number of halogens is 3. The Bertz CT molecular complexity index is 1140. The molecule has 0 unspecified atom stereocenters. The smallest absolute Gasteiger partial charge is 0.322 e. The van der Waals surface area contributed by atoms with E-state index in [0.29, 0.717) is 9.90 Å². The lowest BCUT2D eigenvalue weighted by atomic mass is 10.1. The maximum absolute atomic E-state index is 13.7. The number of rotatable bonds is 4. The van der Waals surface area contributed by atoms with Gasteiger partial charge >= 0.3 is 6.18 Å². The van der Waals surface area contributed by atoms with E-state index in [9.17, 15) is 18.0 Å². The van der Waals surface area contributed by atoms with Crippen LogP contribution in [0.5, 0.6) is 0 Å². The van der Waals surface area contributed by atoms with Gasteiger partial charge in [0.15, 0.2) is 4.34 Å². The minimum Gasteiger partial charge on any atom is -0.322 e. The van der Waals surface area contributed by atoms with E-state index in [4.69, 9.17) is 0 Å². The Kier molecular flexibility index (Phi) is 5.29. The number of amides is 1. The molecule has 1 aromatic heterocycles. The maximum Gasteiger partial charge on any atom is 0.417 e. The van der Waals surface area contributed by atoms with Gasteiger partial charge in [0.2, 0.25) is 0 Å². The number of fused-ring (bicyclic) bond motifs is 1. The third kappa shape index (κ3) is 4.44. The molecule has 1 N–H and O–H groups in total. The lowest BCUT2D eigenvalue weighted by molar-refractivity contribution is -0.139. The van der Waals surface area contributed by atoms with Gasteiger partial charge < -0.3 is 5.32 Å². The van der Waals surface area contributed by atoms with Crippen molar-refractivity contribution in [3.8, 4) is 0 Å². The van der Waals surface area contributed by atoms with Crippen LogP contribution in [0.3, 0.4) is 0 Å². The Morgan fingerprint density at radius 2 is 1.69 bits per heavy atom. The van der Waals surface area contributed by atoms with E-state index in [1.54, 1.807) is 30.3 Å². The van der Waals surface area contributed by atoms with Gasteiger partial charge in [0.05, 0.1) is 15.8 Å². The predicted molar refractivity (Wildman–Crippen MR) is 110 cm³/mol. The molecule has 3 nitrogen and oxygen atoms in total. The first-order valence-corrected chi connectivity index (χ1v) is 10.1. The number of hydrogen-bond donors (Lipinski definition) is 1. The number of carbonyl (C=O) groups excluding carboxylic acids is 1. The van der Waals surface area contributed by atoms with Crippen LogP contribution in [0, 0.1) is 0 Å². The Morgan fingerprint density at radius 3 is 2.41 bits per heavy atom. The first kappa shape index (κ1) is 19.5. The second-order valence-electron chi connectivity index (χ2n) is 6.08. The lowest BCUT2D eigenvalue weighted by Crippen LogP contribution is -2.13. The molecule has 146 valence electrons. The Morgan fingerprint density at radius 1 is 0.966 bits per heavy atom. The molecule has 0 aliphatic carbocycles. The lowest BCUT2D eigenvalue weighted by Gasteiger charge is -2.14. The molecule has 0 aliphatic heterocycles. The van der Waals surface area contributed by atoms with Gasteiger partial charge in [-0.15, -0.1) is 11.3 Å². The van der Waals surface area contributed by atoms with Gasteiger partial charge in [-0.05, 0) is 42.5 Å². The molecule has 0 saturated heterocycles. The van der Waals surface area contributed by atoms with Crippen LogP contribution in [-0.4, -0.2) is 10.9 Å². The van der Waals surface area contributed by atoms with Crippen LogP contribution in [0.1, 0.15) is 15.9 Å². The number of hydrogen-bond acceptors (Lipinski definition) is 4. The molecule has 3 aromatic carbocycles. The highest BCUT2D eigenvalue weighted by Crippen LogP contribution is 2.42. The summed E-state index contributed by atoms with van der Waals surface area (Å²) in [7, 11) is 0. The summed E-state index contributed by atoms with van der Waals surface area (Å²) in [4.78, 5) is 16.7. The fourth-order valence-electron chi connectivity index (χ4n) is 2.70. The molecule has 1 amide bonds. The minimum atomic E-state index is -4.56. The van der Waals surface area contributed by atoms with Crippen molar-refractivity contribution < 1.29 is 18.0 Å². The molecular weight excluding hydrogens is 417 g/mol. The number of para-hydroxylation sites is 1. The van der Waals surface area contributed by atoms with Crippen molar-refractivity contribution in [2.24, 2.45) is 0 Å². The van der Waals surface area contributed by atoms with Crippen LogP contribution in [-0.2, 0) is 6.18 Å². The van der Waals surface area contributed by atoms with Gasteiger partial charge in [0.25, 0.3) is 5.91 Å². The fraction of sp³-hybridized carbons (Fsp3) is 0.0476. The Balaban J connectivity index is 1.63. The number of carbonyl (C=O) groups is 1. The quantitative estimate of drug-likeness (QED) is 0.391.